The van der Waals surface area contributed by atoms with Gasteiger partial charge in [0, 0.05) is 11.6 Å². The number of methoxy groups -OCH3 is 2. The molecule has 0 radical (unpaired) electrons. The van der Waals surface area contributed by atoms with Crippen LogP contribution in [0.5, 0.6) is 11.5 Å². The summed E-state index contributed by atoms with van der Waals surface area (Å²) in [4.78, 5) is 29.8. The number of carbonyl (C=O) groups excluding carboxylic acids is 2. The van der Waals surface area contributed by atoms with Crippen LogP contribution in [0, 0.1) is 0 Å². The number of nitrogens with zero attached hydrogens (tertiary/aromatic N) is 4. The van der Waals surface area contributed by atoms with Crippen LogP contribution in [0.3, 0.4) is 0 Å². The Hall–Kier alpha value is -4.40. The number of ether oxygens (including phenoxy) is 2. The second kappa shape index (κ2) is 12.0. The first-order chi connectivity index (χ1) is 19.1. The lowest BCUT2D eigenvalue weighted by molar-refractivity contribution is -0.142. The number of rotatable bonds is 10. The van der Waals surface area contributed by atoms with Crippen molar-refractivity contribution in [2.75, 3.05) is 14.2 Å². The second-order valence-electron chi connectivity index (χ2n) is 9.74. The molecule has 0 saturated heterocycles. The van der Waals surface area contributed by atoms with Gasteiger partial charge in [0.2, 0.25) is 11.8 Å². The Morgan fingerprint density at radius 3 is 2.56 bits per heavy atom. The number of aromatic nitrogens is 3. The van der Waals surface area contributed by atoms with Crippen molar-refractivity contribution in [3.05, 3.63) is 83.9 Å². The molecule has 1 unspecified atom stereocenters. The van der Waals surface area contributed by atoms with Gasteiger partial charge in [-0.15, -0.1) is 5.10 Å². The summed E-state index contributed by atoms with van der Waals surface area (Å²) >= 11 is 0. The van der Waals surface area contributed by atoms with Crippen LogP contribution in [0.1, 0.15) is 42.9 Å². The van der Waals surface area contributed by atoms with E-state index in [0.717, 1.165) is 36.8 Å². The predicted molar refractivity (Wildman–Crippen MR) is 147 cm³/mol. The van der Waals surface area contributed by atoms with Crippen LogP contribution in [0.15, 0.2) is 72.8 Å². The number of para-hydroxylation sites is 2. The van der Waals surface area contributed by atoms with E-state index in [1.165, 1.54) is 0 Å². The summed E-state index contributed by atoms with van der Waals surface area (Å²) in [5.41, 5.74) is 2.90. The SMILES string of the molecule is COc1cccc(C(C(=O)NC2CCCC2)N(Cc2ccccc2OC)C(=O)Cn2nnc3ccccc32)c1. The van der Waals surface area contributed by atoms with E-state index in [4.69, 9.17) is 9.47 Å². The minimum atomic E-state index is -0.895. The highest BCUT2D eigenvalue weighted by Crippen LogP contribution is 2.30. The molecule has 1 heterocycles. The minimum Gasteiger partial charge on any atom is -0.497 e. The maximum Gasteiger partial charge on any atom is 0.247 e. The Kier molecular flexibility index (Phi) is 8.05. The molecule has 0 bridgehead atoms. The summed E-state index contributed by atoms with van der Waals surface area (Å²) in [5, 5.41) is 11.6. The molecule has 1 aromatic heterocycles. The molecule has 9 nitrogen and oxygen atoms in total. The van der Waals surface area contributed by atoms with E-state index in [0.29, 0.717) is 22.6 Å². The molecule has 1 aliphatic rings. The van der Waals surface area contributed by atoms with Crippen molar-refractivity contribution in [3.8, 4) is 11.5 Å². The topological polar surface area (TPSA) is 98.6 Å². The van der Waals surface area contributed by atoms with Gasteiger partial charge < -0.3 is 19.7 Å². The van der Waals surface area contributed by atoms with E-state index < -0.39 is 6.04 Å². The summed E-state index contributed by atoms with van der Waals surface area (Å²) in [6.07, 6.45) is 4.03. The van der Waals surface area contributed by atoms with Crippen LogP contribution in [-0.2, 0) is 22.7 Å². The summed E-state index contributed by atoms with van der Waals surface area (Å²) in [5.74, 6) is 0.757. The highest BCUT2D eigenvalue weighted by Gasteiger charge is 2.34. The third kappa shape index (κ3) is 5.87. The maximum absolute atomic E-state index is 14.2. The van der Waals surface area contributed by atoms with E-state index >= 15 is 0 Å². The molecular formula is C30H33N5O4. The fourth-order valence-electron chi connectivity index (χ4n) is 5.23. The molecular weight excluding hydrogens is 494 g/mol. The average molecular weight is 528 g/mol. The van der Waals surface area contributed by atoms with Crippen molar-refractivity contribution in [2.24, 2.45) is 0 Å². The van der Waals surface area contributed by atoms with Gasteiger partial charge in [0.15, 0.2) is 0 Å². The average Bonchev–Trinajstić information content (AvgIpc) is 3.63. The summed E-state index contributed by atoms with van der Waals surface area (Å²) in [6, 6.07) is 21.5. The Balaban J connectivity index is 1.56. The molecule has 202 valence electrons. The van der Waals surface area contributed by atoms with Crippen molar-refractivity contribution < 1.29 is 19.1 Å². The highest BCUT2D eigenvalue weighted by molar-refractivity contribution is 5.89. The molecule has 1 fully saturated rings. The van der Waals surface area contributed by atoms with Gasteiger partial charge in [0.1, 0.15) is 29.6 Å². The van der Waals surface area contributed by atoms with Crippen molar-refractivity contribution >= 4 is 22.8 Å². The van der Waals surface area contributed by atoms with Gasteiger partial charge in [-0.1, -0.05) is 60.5 Å². The zero-order chi connectivity index (χ0) is 27.2. The monoisotopic (exact) mass is 527 g/mol. The largest absolute Gasteiger partial charge is 0.497 e. The molecule has 0 spiro atoms. The van der Waals surface area contributed by atoms with Gasteiger partial charge >= 0.3 is 0 Å². The van der Waals surface area contributed by atoms with Crippen molar-refractivity contribution in [2.45, 2.75) is 50.9 Å². The lowest BCUT2D eigenvalue weighted by atomic mass is 10.0. The molecule has 1 atom stereocenters. The van der Waals surface area contributed by atoms with Crippen molar-refractivity contribution in [3.63, 3.8) is 0 Å². The van der Waals surface area contributed by atoms with Crippen LogP contribution in [-0.4, -0.2) is 52.0 Å². The summed E-state index contributed by atoms with van der Waals surface area (Å²) in [6.45, 7) is 0.0856. The van der Waals surface area contributed by atoms with E-state index in [1.54, 1.807) is 23.8 Å². The minimum absolute atomic E-state index is 0.0765. The standard InChI is InChI=1S/C30H33N5O4/c1-38-24-14-9-11-21(18-24)29(30(37)31-23-12-4-5-13-23)34(19-22-10-3-8-17-27(22)39-2)28(36)20-35-26-16-7-6-15-25(26)32-33-35/h3,6-11,14-18,23,29H,4-5,12-13,19-20H2,1-2H3,(H,31,37). The van der Waals surface area contributed by atoms with Gasteiger partial charge in [0.25, 0.3) is 0 Å². The normalized spacial score (nSPS) is 14.2. The quantitative estimate of drug-likeness (QED) is 0.331. The van der Waals surface area contributed by atoms with Crippen molar-refractivity contribution in [1.29, 1.82) is 0 Å². The van der Waals surface area contributed by atoms with Gasteiger partial charge in [-0.05, 0) is 48.7 Å². The van der Waals surface area contributed by atoms with Crippen LogP contribution >= 0.6 is 0 Å². The van der Waals surface area contributed by atoms with E-state index in [9.17, 15) is 9.59 Å². The zero-order valence-corrected chi connectivity index (χ0v) is 22.2. The number of hydrogen-bond donors (Lipinski definition) is 1. The smallest absolute Gasteiger partial charge is 0.247 e. The number of nitrogens with one attached hydrogen (secondary N) is 1. The van der Waals surface area contributed by atoms with E-state index in [1.807, 2.05) is 72.8 Å². The van der Waals surface area contributed by atoms with E-state index in [-0.39, 0.29) is 30.9 Å². The fraction of sp³-hybridized carbons (Fsp3) is 0.333. The van der Waals surface area contributed by atoms with Crippen LogP contribution in [0.4, 0.5) is 0 Å². The Bertz CT molecular complexity index is 1450. The van der Waals surface area contributed by atoms with Gasteiger partial charge in [-0.2, -0.15) is 0 Å². The Morgan fingerprint density at radius 1 is 1.00 bits per heavy atom. The van der Waals surface area contributed by atoms with Crippen molar-refractivity contribution in [1.82, 2.24) is 25.2 Å². The van der Waals surface area contributed by atoms with Crippen LogP contribution in [0.2, 0.25) is 0 Å². The second-order valence-corrected chi connectivity index (χ2v) is 9.74. The first kappa shape index (κ1) is 26.2. The molecule has 3 aromatic carbocycles. The number of benzene rings is 3. The highest BCUT2D eigenvalue weighted by atomic mass is 16.5. The third-order valence-electron chi connectivity index (χ3n) is 7.23. The molecule has 0 aliphatic heterocycles. The molecule has 1 aliphatic carbocycles. The van der Waals surface area contributed by atoms with Gasteiger partial charge in [0.05, 0.1) is 26.3 Å². The molecule has 39 heavy (non-hydrogen) atoms. The predicted octanol–water partition coefficient (Wildman–Crippen LogP) is 4.28. The third-order valence-corrected chi connectivity index (χ3v) is 7.23. The first-order valence-electron chi connectivity index (χ1n) is 13.2. The molecule has 5 rings (SSSR count). The van der Waals surface area contributed by atoms with E-state index in [2.05, 4.69) is 15.6 Å². The molecule has 9 heteroatoms. The molecule has 1 N–H and O–H groups in total. The first-order valence-corrected chi connectivity index (χ1v) is 13.2. The number of hydrogen-bond acceptors (Lipinski definition) is 6. The van der Waals surface area contributed by atoms with Gasteiger partial charge in [-0.3, -0.25) is 9.59 Å². The lowest BCUT2D eigenvalue weighted by Gasteiger charge is -2.33. The number of carbonyl (C=O) groups is 2. The Morgan fingerprint density at radius 2 is 1.77 bits per heavy atom. The summed E-state index contributed by atoms with van der Waals surface area (Å²) < 4.78 is 12.6. The maximum atomic E-state index is 14.2. The van der Waals surface area contributed by atoms with Gasteiger partial charge in [-0.25, -0.2) is 4.68 Å². The van der Waals surface area contributed by atoms with Crippen LogP contribution < -0.4 is 14.8 Å². The molecule has 2 amide bonds. The molecule has 1 saturated carbocycles. The zero-order valence-electron chi connectivity index (χ0n) is 22.2. The number of amides is 2. The summed E-state index contributed by atoms with van der Waals surface area (Å²) in [7, 11) is 3.18. The Labute approximate surface area is 227 Å². The lowest BCUT2D eigenvalue weighted by Crippen LogP contribution is -2.46. The number of fused-ring (bicyclic) bond motifs is 1. The van der Waals surface area contributed by atoms with Crippen LogP contribution in [0.25, 0.3) is 11.0 Å². The fourth-order valence-corrected chi connectivity index (χ4v) is 5.23. The molecule has 4 aromatic rings.